The van der Waals surface area contributed by atoms with Crippen LogP contribution >= 0.6 is 0 Å². The molecule has 0 saturated heterocycles. The molecule has 0 aromatic carbocycles. The topological polar surface area (TPSA) is 40.5 Å². The molecule has 0 radical (unpaired) electrons. The molecule has 0 rings (SSSR count). The normalized spacial score (nSPS) is 15.4. The lowest BCUT2D eigenvalue weighted by Crippen LogP contribution is -2.22. The van der Waals surface area contributed by atoms with E-state index in [-0.39, 0.29) is 0 Å². The molecule has 0 spiro atoms. The van der Waals surface area contributed by atoms with Crippen LogP contribution in [0.5, 0.6) is 0 Å². The minimum Gasteiger partial charge on any atom is -0.396 e. The van der Waals surface area contributed by atoms with Gasteiger partial charge in [-0.1, -0.05) is 39.0 Å². The highest BCUT2D eigenvalue weighted by atomic mass is 16.3. The van der Waals surface area contributed by atoms with Crippen LogP contribution in [0.15, 0.2) is 0 Å². The maximum absolute atomic E-state index is 9.73. The van der Waals surface area contributed by atoms with Gasteiger partial charge in [0.05, 0.1) is 5.60 Å². The average molecular weight is 202 g/mol. The van der Waals surface area contributed by atoms with Crippen molar-refractivity contribution in [2.75, 3.05) is 6.61 Å². The van der Waals surface area contributed by atoms with Gasteiger partial charge in [-0.25, -0.2) is 0 Å². The summed E-state index contributed by atoms with van der Waals surface area (Å²) in [7, 11) is 0. The van der Waals surface area contributed by atoms with Gasteiger partial charge in [-0.15, -0.1) is 0 Å². The van der Waals surface area contributed by atoms with Crippen LogP contribution in [0.4, 0.5) is 0 Å². The number of rotatable bonds is 9. The van der Waals surface area contributed by atoms with Gasteiger partial charge in [0.2, 0.25) is 0 Å². The quantitative estimate of drug-likeness (QED) is 0.564. The van der Waals surface area contributed by atoms with E-state index >= 15 is 0 Å². The predicted molar refractivity (Wildman–Crippen MR) is 60.3 cm³/mol. The third kappa shape index (κ3) is 8.52. The Morgan fingerprint density at radius 3 is 1.93 bits per heavy atom. The summed E-state index contributed by atoms with van der Waals surface area (Å²) in [6, 6.07) is 0. The van der Waals surface area contributed by atoms with E-state index in [4.69, 9.17) is 5.11 Å². The van der Waals surface area contributed by atoms with Crippen LogP contribution < -0.4 is 0 Å². The van der Waals surface area contributed by atoms with Crippen LogP contribution in [0.25, 0.3) is 0 Å². The first kappa shape index (κ1) is 13.9. The molecule has 2 nitrogen and oxygen atoms in total. The van der Waals surface area contributed by atoms with E-state index in [1.807, 2.05) is 13.8 Å². The number of aliphatic hydroxyl groups is 2. The Balaban J connectivity index is 3.13. The third-order valence-electron chi connectivity index (χ3n) is 2.89. The molecule has 0 fully saturated rings. The smallest absolute Gasteiger partial charge is 0.0617 e. The lowest BCUT2D eigenvalue weighted by Gasteiger charge is -2.20. The van der Waals surface area contributed by atoms with E-state index in [1.54, 1.807) is 0 Å². The molecule has 0 aromatic rings. The van der Waals surface area contributed by atoms with Crippen LogP contribution in [0.2, 0.25) is 0 Å². The minimum absolute atomic E-state index is 0.324. The minimum atomic E-state index is -0.453. The molecule has 0 amide bonds. The van der Waals surface area contributed by atoms with Crippen molar-refractivity contribution in [3.8, 4) is 0 Å². The Labute approximate surface area is 88.3 Å². The molecule has 1 unspecified atom stereocenters. The Morgan fingerprint density at radius 1 is 0.929 bits per heavy atom. The van der Waals surface area contributed by atoms with Gasteiger partial charge in [0, 0.05) is 6.61 Å². The summed E-state index contributed by atoms with van der Waals surface area (Å²) in [4.78, 5) is 0. The number of aliphatic hydroxyl groups excluding tert-OH is 1. The van der Waals surface area contributed by atoms with Gasteiger partial charge in [-0.3, -0.25) is 0 Å². The van der Waals surface area contributed by atoms with Gasteiger partial charge >= 0.3 is 0 Å². The van der Waals surface area contributed by atoms with Crippen molar-refractivity contribution in [1.82, 2.24) is 0 Å². The van der Waals surface area contributed by atoms with E-state index in [2.05, 4.69) is 0 Å². The Morgan fingerprint density at radius 2 is 1.43 bits per heavy atom. The molecular weight excluding hydrogens is 176 g/mol. The highest BCUT2D eigenvalue weighted by molar-refractivity contribution is 4.69. The van der Waals surface area contributed by atoms with Gasteiger partial charge in [0.1, 0.15) is 0 Å². The van der Waals surface area contributed by atoms with Crippen molar-refractivity contribution in [1.29, 1.82) is 0 Å². The van der Waals surface area contributed by atoms with Gasteiger partial charge in [-0.05, 0) is 26.2 Å². The second-order valence-electron chi connectivity index (χ2n) is 4.45. The molecule has 0 aliphatic rings. The molecule has 1 atom stereocenters. The highest BCUT2D eigenvalue weighted by Gasteiger charge is 2.15. The lowest BCUT2D eigenvalue weighted by molar-refractivity contribution is 0.0442. The monoisotopic (exact) mass is 202 g/mol. The van der Waals surface area contributed by atoms with Crippen LogP contribution in [0, 0.1) is 0 Å². The molecular formula is C12H26O2. The number of hydrogen-bond donors (Lipinski definition) is 2. The van der Waals surface area contributed by atoms with Crippen LogP contribution in [-0.4, -0.2) is 22.4 Å². The second-order valence-corrected chi connectivity index (χ2v) is 4.45. The molecule has 0 heterocycles. The van der Waals surface area contributed by atoms with E-state index < -0.39 is 5.60 Å². The Bertz CT molecular complexity index is 121. The summed E-state index contributed by atoms with van der Waals surface area (Å²) in [6.07, 6.45) is 8.63. The standard InChI is InChI=1S/C12H26O2/c1-3-12(2,14)10-8-6-4-5-7-9-11-13/h13-14H,3-11H2,1-2H3. The zero-order valence-electron chi connectivity index (χ0n) is 9.76. The highest BCUT2D eigenvalue weighted by Crippen LogP contribution is 2.18. The summed E-state index contributed by atoms with van der Waals surface area (Å²) in [5.74, 6) is 0. The van der Waals surface area contributed by atoms with E-state index in [9.17, 15) is 5.11 Å². The maximum Gasteiger partial charge on any atom is 0.0617 e. The number of unbranched alkanes of at least 4 members (excludes halogenated alkanes) is 5. The molecule has 86 valence electrons. The molecule has 2 N–H and O–H groups in total. The van der Waals surface area contributed by atoms with Crippen molar-refractivity contribution < 1.29 is 10.2 Å². The van der Waals surface area contributed by atoms with Crippen molar-refractivity contribution in [2.24, 2.45) is 0 Å². The SMILES string of the molecule is CCC(C)(O)CCCCCCCCO. The van der Waals surface area contributed by atoms with E-state index in [1.165, 1.54) is 19.3 Å². The average Bonchev–Trinajstić information content (AvgIpc) is 2.16. The molecule has 0 aromatic heterocycles. The van der Waals surface area contributed by atoms with Crippen molar-refractivity contribution in [2.45, 2.75) is 70.8 Å². The lowest BCUT2D eigenvalue weighted by atomic mass is 9.95. The summed E-state index contributed by atoms with van der Waals surface area (Å²) >= 11 is 0. The molecule has 14 heavy (non-hydrogen) atoms. The molecule has 0 saturated carbocycles. The fourth-order valence-electron chi connectivity index (χ4n) is 1.50. The van der Waals surface area contributed by atoms with Crippen molar-refractivity contribution >= 4 is 0 Å². The summed E-state index contributed by atoms with van der Waals surface area (Å²) in [5, 5.41) is 18.3. The van der Waals surface area contributed by atoms with Crippen molar-refractivity contribution in [3.05, 3.63) is 0 Å². The number of hydrogen-bond acceptors (Lipinski definition) is 2. The molecule has 0 aliphatic heterocycles. The van der Waals surface area contributed by atoms with Gasteiger partial charge in [0.25, 0.3) is 0 Å². The molecule has 2 heteroatoms. The van der Waals surface area contributed by atoms with Gasteiger partial charge < -0.3 is 10.2 Å². The second kappa shape index (κ2) is 8.25. The first-order valence-corrected chi connectivity index (χ1v) is 5.95. The summed E-state index contributed by atoms with van der Waals surface area (Å²) in [6.45, 7) is 4.27. The van der Waals surface area contributed by atoms with Crippen molar-refractivity contribution in [3.63, 3.8) is 0 Å². The summed E-state index contributed by atoms with van der Waals surface area (Å²) in [5.41, 5.74) is -0.453. The van der Waals surface area contributed by atoms with Crippen LogP contribution in [-0.2, 0) is 0 Å². The first-order chi connectivity index (χ1) is 6.62. The van der Waals surface area contributed by atoms with Gasteiger partial charge in [-0.2, -0.15) is 0 Å². The molecule has 0 bridgehead atoms. The zero-order valence-corrected chi connectivity index (χ0v) is 9.76. The maximum atomic E-state index is 9.73. The van der Waals surface area contributed by atoms with Crippen LogP contribution in [0.3, 0.4) is 0 Å². The zero-order chi connectivity index (χ0) is 10.9. The largest absolute Gasteiger partial charge is 0.396 e. The van der Waals surface area contributed by atoms with E-state index in [0.29, 0.717) is 6.61 Å². The fourth-order valence-corrected chi connectivity index (χ4v) is 1.50. The summed E-state index contributed by atoms with van der Waals surface area (Å²) < 4.78 is 0. The fraction of sp³-hybridized carbons (Fsp3) is 1.00. The van der Waals surface area contributed by atoms with E-state index in [0.717, 1.165) is 32.1 Å². The predicted octanol–water partition coefficient (Wildman–Crippen LogP) is 2.87. The Kier molecular flexibility index (Phi) is 8.20. The third-order valence-corrected chi connectivity index (χ3v) is 2.89. The molecule has 0 aliphatic carbocycles. The first-order valence-electron chi connectivity index (χ1n) is 5.95. The Hall–Kier alpha value is -0.0800. The van der Waals surface area contributed by atoms with Gasteiger partial charge in [0.15, 0.2) is 0 Å². The van der Waals surface area contributed by atoms with Crippen LogP contribution in [0.1, 0.15) is 65.2 Å².